The Labute approximate surface area is 151 Å². The molecule has 0 atom stereocenters. The van der Waals surface area contributed by atoms with Crippen LogP contribution in [0.2, 0.25) is 0 Å². The van der Waals surface area contributed by atoms with Crippen LogP contribution in [0.5, 0.6) is 0 Å². The highest BCUT2D eigenvalue weighted by Crippen LogP contribution is 2.40. The first-order valence-corrected chi connectivity index (χ1v) is 8.81. The lowest BCUT2D eigenvalue weighted by Crippen LogP contribution is -2.35. The highest BCUT2D eigenvalue weighted by molar-refractivity contribution is 6.17. The van der Waals surface area contributed by atoms with Crippen LogP contribution >= 0.6 is 0 Å². The monoisotopic (exact) mass is 339 g/mol. The van der Waals surface area contributed by atoms with E-state index in [-0.39, 0.29) is 0 Å². The van der Waals surface area contributed by atoms with Gasteiger partial charge in [-0.25, -0.2) is 0 Å². The Kier molecular flexibility index (Phi) is 3.13. The molecule has 0 saturated heterocycles. The molecule has 2 heterocycles. The van der Waals surface area contributed by atoms with Crippen molar-refractivity contribution in [2.45, 2.75) is 13.8 Å². The van der Waals surface area contributed by atoms with Gasteiger partial charge in [0.1, 0.15) is 11.2 Å². The van der Waals surface area contributed by atoms with E-state index in [4.69, 9.17) is 4.42 Å². The molecule has 0 saturated carbocycles. The second kappa shape index (κ2) is 5.40. The highest BCUT2D eigenvalue weighted by Gasteiger charge is 2.23. The lowest BCUT2D eigenvalue weighted by atomic mass is 9.96. The van der Waals surface area contributed by atoms with E-state index < -0.39 is 0 Å². The van der Waals surface area contributed by atoms with Gasteiger partial charge in [-0.2, -0.15) is 0 Å². The Morgan fingerprint density at radius 3 is 2.54 bits per heavy atom. The Hall–Kier alpha value is -3.20. The molecule has 3 heteroatoms. The third-order valence-electron chi connectivity index (χ3n) is 5.36. The summed E-state index contributed by atoms with van der Waals surface area (Å²) in [7, 11) is 1.97. The first-order valence-electron chi connectivity index (χ1n) is 8.81. The zero-order chi connectivity index (χ0) is 17.8. The molecule has 126 valence electrons. The number of nitrogens with zero attached hydrogens (tertiary/aromatic N) is 2. The summed E-state index contributed by atoms with van der Waals surface area (Å²) >= 11 is 0. The Morgan fingerprint density at radius 1 is 0.846 bits per heavy atom. The molecule has 0 spiro atoms. The van der Waals surface area contributed by atoms with Gasteiger partial charge in [0.25, 0.3) is 0 Å². The van der Waals surface area contributed by atoms with E-state index in [0.29, 0.717) is 0 Å². The largest absolute Gasteiger partial charge is 0.454 e. The molecule has 3 nitrogen and oxygen atoms in total. The van der Waals surface area contributed by atoms with Crippen molar-refractivity contribution < 1.29 is 9.10 Å². The van der Waals surface area contributed by atoms with Gasteiger partial charge in [0.2, 0.25) is 5.69 Å². The van der Waals surface area contributed by atoms with Crippen LogP contribution in [-0.4, -0.2) is 5.10 Å². The Morgan fingerprint density at radius 2 is 1.69 bits per heavy atom. The molecule has 0 unspecified atom stereocenters. The van der Waals surface area contributed by atoms with Gasteiger partial charge in [0, 0.05) is 22.2 Å². The van der Waals surface area contributed by atoms with Crippen molar-refractivity contribution in [2.24, 2.45) is 7.05 Å². The summed E-state index contributed by atoms with van der Waals surface area (Å²) in [6.07, 6.45) is 1.80. The maximum atomic E-state index is 6.50. The summed E-state index contributed by atoms with van der Waals surface area (Å²) in [4.78, 5) is 0. The summed E-state index contributed by atoms with van der Waals surface area (Å²) in [6.45, 7) is 4.32. The fourth-order valence-corrected chi connectivity index (χ4v) is 3.86. The molecule has 0 fully saturated rings. The molecule has 0 radical (unpaired) electrons. The van der Waals surface area contributed by atoms with Crippen LogP contribution in [0.15, 0.2) is 65.2 Å². The van der Waals surface area contributed by atoms with Crippen molar-refractivity contribution >= 4 is 32.7 Å². The molecule has 3 aromatic carbocycles. The van der Waals surface area contributed by atoms with Crippen molar-refractivity contribution in [1.82, 2.24) is 5.10 Å². The van der Waals surface area contributed by atoms with Gasteiger partial charge in [0.15, 0.2) is 7.05 Å². The van der Waals surface area contributed by atoms with E-state index >= 15 is 0 Å². The van der Waals surface area contributed by atoms with Gasteiger partial charge in [-0.15, -0.1) is 0 Å². The number of aryl methyl sites for hydroxylation is 2. The summed E-state index contributed by atoms with van der Waals surface area (Å²) in [5.41, 5.74) is 6.55. The van der Waals surface area contributed by atoms with Crippen molar-refractivity contribution in [2.75, 3.05) is 0 Å². The summed E-state index contributed by atoms with van der Waals surface area (Å²) in [5.74, 6) is 0. The molecule has 0 N–H and O–H groups in total. The molecule has 0 aliphatic heterocycles. The van der Waals surface area contributed by atoms with Crippen LogP contribution in [0.4, 0.5) is 0 Å². The van der Waals surface area contributed by atoms with Crippen LogP contribution in [0.25, 0.3) is 44.0 Å². The summed E-state index contributed by atoms with van der Waals surface area (Å²) in [6, 6.07) is 19.0. The van der Waals surface area contributed by atoms with Gasteiger partial charge in [-0.05, 0) is 53.7 Å². The molecular formula is C23H19N2O+. The first-order chi connectivity index (χ1) is 12.6. The van der Waals surface area contributed by atoms with E-state index in [9.17, 15) is 0 Å². The van der Waals surface area contributed by atoms with Crippen molar-refractivity contribution in [1.29, 1.82) is 0 Å². The van der Waals surface area contributed by atoms with Crippen molar-refractivity contribution in [3.63, 3.8) is 0 Å². The van der Waals surface area contributed by atoms with Crippen LogP contribution < -0.4 is 4.68 Å². The van der Waals surface area contributed by atoms with Crippen LogP contribution in [0.3, 0.4) is 0 Å². The number of benzene rings is 3. The van der Waals surface area contributed by atoms with E-state index in [2.05, 4.69) is 67.5 Å². The molecule has 0 aliphatic carbocycles. The summed E-state index contributed by atoms with van der Waals surface area (Å²) < 4.78 is 8.41. The lowest BCUT2D eigenvalue weighted by Gasteiger charge is -2.07. The molecule has 0 amide bonds. The van der Waals surface area contributed by atoms with Crippen LogP contribution in [-0.2, 0) is 7.05 Å². The van der Waals surface area contributed by atoms with Crippen LogP contribution in [0.1, 0.15) is 11.1 Å². The standard InChI is InChI=1S/C23H19N2O/c1-14-13-19-18-11-10-16-7-4-5-8-17(16)22(18)26-23(19)21(15(14)2)20-9-6-12-24-25(20)3/h4-13H,1-3H3/q+1. The normalized spacial score (nSPS) is 11.7. The quantitative estimate of drug-likeness (QED) is 0.391. The zero-order valence-corrected chi connectivity index (χ0v) is 15.1. The third kappa shape index (κ3) is 2.00. The minimum Gasteiger partial charge on any atom is -0.454 e. The average Bonchev–Trinajstić information content (AvgIpc) is 3.02. The molecule has 5 rings (SSSR count). The van der Waals surface area contributed by atoms with Crippen molar-refractivity contribution in [3.05, 3.63) is 71.9 Å². The van der Waals surface area contributed by atoms with Gasteiger partial charge in [-0.1, -0.05) is 35.0 Å². The average molecular weight is 339 g/mol. The number of hydrogen-bond donors (Lipinski definition) is 0. The maximum absolute atomic E-state index is 6.50. The van der Waals surface area contributed by atoms with Gasteiger partial charge < -0.3 is 4.42 Å². The molecule has 0 bridgehead atoms. The molecular weight excluding hydrogens is 320 g/mol. The molecule has 2 aromatic heterocycles. The number of fused-ring (bicyclic) bond motifs is 5. The predicted molar refractivity (Wildman–Crippen MR) is 105 cm³/mol. The SMILES string of the molecule is Cc1cc2c(oc3c4ccccc4ccc23)c(-c2cccn[n+]2C)c1C. The molecule has 0 aliphatic rings. The smallest absolute Gasteiger partial charge is 0.242 e. The zero-order valence-electron chi connectivity index (χ0n) is 15.1. The van der Waals surface area contributed by atoms with Gasteiger partial charge in [-0.3, -0.25) is 0 Å². The first kappa shape index (κ1) is 15.1. The highest BCUT2D eigenvalue weighted by atomic mass is 16.3. The maximum Gasteiger partial charge on any atom is 0.242 e. The Balaban J connectivity index is 2.01. The minimum atomic E-state index is 0.933. The molecule has 5 aromatic rings. The minimum absolute atomic E-state index is 0.933. The third-order valence-corrected chi connectivity index (χ3v) is 5.36. The second-order valence-corrected chi connectivity index (χ2v) is 6.87. The Bertz CT molecular complexity index is 1310. The number of hydrogen-bond acceptors (Lipinski definition) is 2. The fraction of sp³-hybridized carbons (Fsp3) is 0.130. The van der Waals surface area contributed by atoms with Gasteiger partial charge in [0.05, 0.1) is 11.8 Å². The van der Waals surface area contributed by atoms with E-state index in [1.807, 2.05) is 17.8 Å². The summed E-state index contributed by atoms with van der Waals surface area (Å²) in [5, 5.41) is 9.08. The number of furan rings is 1. The predicted octanol–water partition coefficient (Wildman–Crippen LogP) is 5.24. The fourth-order valence-electron chi connectivity index (χ4n) is 3.86. The number of rotatable bonds is 1. The lowest BCUT2D eigenvalue weighted by molar-refractivity contribution is -0.720. The van der Waals surface area contributed by atoms with E-state index in [0.717, 1.165) is 38.6 Å². The topological polar surface area (TPSA) is 29.9 Å². The van der Waals surface area contributed by atoms with E-state index in [1.165, 1.54) is 16.5 Å². The van der Waals surface area contributed by atoms with Gasteiger partial charge >= 0.3 is 0 Å². The molecule has 26 heavy (non-hydrogen) atoms. The second-order valence-electron chi connectivity index (χ2n) is 6.87. The van der Waals surface area contributed by atoms with Crippen LogP contribution in [0, 0.1) is 13.8 Å². The van der Waals surface area contributed by atoms with E-state index in [1.54, 1.807) is 6.20 Å². The number of aromatic nitrogens is 2. The van der Waals surface area contributed by atoms with Crippen molar-refractivity contribution in [3.8, 4) is 11.3 Å².